The van der Waals surface area contributed by atoms with E-state index in [9.17, 15) is 22.9 Å². The molecule has 3 heterocycles. The number of fused-ring (bicyclic) bond motifs is 1. The summed E-state index contributed by atoms with van der Waals surface area (Å²) in [5.74, 6) is 0.748. The average Bonchev–Trinajstić information content (AvgIpc) is 3.67. The van der Waals surface area contributed by atoms with E-state index in [0.29, 0.717) is 28.1 Å². The molecular weight excluding hydrogens is 505 g/mol. The monoisotopic (exact) mass is 536 g/mol. The number of carbonyl (C=O) groups is 1. The van der Waals surface area contributed by atoms with Gasteiger partial charge >= 0.3 is 6.18 Å². The highest BCUT2D eigenvalue weighted by Gasteiger charge is 2.36. The van der Waals surface area contributed by atoms with Crippen molar-refractivity contribution in [2.45, 2.75) is 44.7 Å². The fourth-order valence-electron chi connectivity index (χ4n) is 6.14. The van der Waals surface area contributed by atoms with Gasteiger partial charge in [-0.05, 0) is 98.1 Å². The summed E-state index contributed by atoms with van der Waals surface area (Å²) in [7, 11) is 0. The number of alkyl halides is 3. The van der Waals surface area contributed by atoms with Crippen molar-refractivity contribution in [2.75, 3.05) is 37.6 Å². The predicted molar refractivity (Wildman–Crippen MR) is 145 cm³/mol. The largest absolute Gasteiger partial charge is 0.418 e. The van der Waals surface area contributed by atoms with Gasteiger partial charge < -0.3 is 9.80 Å². The molecule has 9 heteroatoms. The molecule has 0 spiro atoms. The maximum absolute atomic E-state index is 13.6. The molecule has 204 valence electrons. The molecule has 0 bridgehead atoms. The minimum atomic E-state index is -4.70. The number of Topliss-reactive ketones (excluding diaryl/α,β-unsaturated/α-hetero) is 1. The molecule has 2 saturated heterocycles. The number of nitroso groups, excluding NO2 is 1. The summed E-state index contributed by atoms with van der Waals surface area (Å²) in [4.78, 5) is 33.8. The minimum Gasteiger partial charge on any atom is -0.370 e. The fraction of sp³-hybridized carbons (Fsp3) is 0.467. The second kappa shape index (κ2) is 10.3. The van der Waals surface area contributed by atoms with Crippen LogP contribution in [0.15, 0.2) is 47.8 Å². The Hall–Kier alpha value is -3.33. The smallest absolute Gasteiger partial charge is 0.370 e. The molecule has 0 radical (unpaired) electrons. The number of likely N-dealkylation sites (tertiary alicyclic amines) is 1. The van der Waals surface area contributed by atoms with E-state index in [1.807, 2.05) is 6.07 Å². The molecule has 3 aromatic rings. The molecule has 3 fully saturated rings. The first-order chi connectivity index (χ1) is 18.8. The third kappa shape index (κ3) is 5.29. The highest BCUT2D eigenvalue weighted by molar-refractivity contribution is 6.10. The van der Waals surface area contributed by atoms with E-state index in [-0.39, 0.29) is 11.7 Å². The second-order valence-corrected chi connectivity index (χ2v) is 11.2. The van der Waals surface area contributed by atoms with E-state index in [1.165, 1.54) is 32.0 Å². The zero-order valence-electron chi connectivity index (χ0n) is 21.7. The number of hydrogen-bond donors (Lipinski definition) is 0. The quantitative estimate of drug-likeness (QED) is 0.236. The molecule has 1 aliphatic carbocycles. The first-order valence-electron chi connectivity index (χ1n) is 13.8. The van der Waals surface area contributed by atoms with Crippen LogP contribution in [0.25, 0.3) is 22.0 Å². The third-order valence-electron chi connectivity index (χ3n) is 8.43. The summed E-state index contributed by atoms with van der Waals surface area (Å²) >= 11 is 0. The zero-order chi connectivity index (χ0) is 27.1. The molecule has 1 aromatic heterocycles. The lowest BCUT2D eigenvalue weighted by atomic mass is 9.93. The van der Waals surface area contributed by atoms with Crippen molar-refractivity contribution in [1.29, 1.82) is 0 Å². The molecule has 0 unspecified atom stereocenters. The molecular formula is C30H31F3N4O2. The van der Waals surface area contributed by atoms with Crippen LogP contribution < -0.4 is 4.90 Å². The molecule has 2 aliphatic heterocycles. The van der Waals surface area contributed by atoms with Crippen molar-refractivity contribution in [3.05, 3.63) is 58.6 Å². The number of aromatic nitrogens is 1. The Balaban J connectivity index is 1.38. The number of piperidine rings is 1. The minimum absolute atomic E-state index is 0.0246. The van der Waals surface area contributed by atoms with E-state index >= 15 is 0 Å². The molecule has 39 heavy (non-hydrogen) atoms. The van der Waals surface area contributed by atoms with Crippen LogP contribution in [-0.2, 0) is 6.18 Å². The van der Waals surface area contributed by atoms with Crippen LogP contribution in [0.5, 0.6) is 0 Å². The first kappa shape index (κ1) is 25.9. The number of rotatable bonds is 7. The van der Waals surface area contributed by atoms with Crippen molar-refractivity contribution in [3.63, 3.8) is 0 Å². The van der Waals surface area contributed by atoms with Crippen LogP contribution in [-0.4, -0.2) is 48.4 Å². The average molecular weight is 537 g/mol. The number of hydrogen-bond acceptors (Lipinski definition) is 6. The molecule has 0 atom stereocenters. The summed E-state index contributed by atoms with van der Waals surface area (Å²) < 4.78 is 40.9. The van der Waals surface area contributed by atoms with E-state index in [2.05, 4.69) is 20.0 Å². The molecule has 2 aromatic carbocycles. The van der Waals surface area contributed by atoms with E-state index in [4.69, 9.17) is 0 Å². The lowest BCUT2D eigenvalue weighted by molar-refractivity contribution is -0.137. The number of ketones is 1. The van der Waals surface area contributed by atoms with Crippen molar-refractivity contribution in [3.8, 4) is 11.1 Å². The van der Waals surface area contributed by atoms with Crippen LogP contribution >= 0.6 is 0 Å². The van der Waals surface area contributed by atoms with Gasteiger partial charge in [-0.25, -0.2) is 0 Å². The number of pyridine rings is 1. The topological polar surface area (TPSA) is 65.9 Å². The lowest BCUT2D eigenvalue weighted by Crippen LogP contribution is -2.39. The van der Waals surface area contributed by atoms with Crippen LogP contribution in [0.1, 0.15) is 54.4 Å². The highest BCUT2D eigenvalue weighted by atomic mass is 19.4. The summed E-state index contributed by atoms with van der Waals surface area (Å²) in [5, 5.41) is 3.33. The van der Waals surface area contributed by atoms with Gasteiger partial charge in [0.05, 0.1) is 22.3 Å². The fourth-order valence-corrected chi connectivity index (χ4v) is 6.14. The SMILES string of the molecule is O=Nc1ccc(-c2ccc3ncc(C(=O)C4CC4)c(N4CCC(CN5CCCC5)CC4)c3c2)cc1C(F)(F)F. The van der Waals surface area contributed by atoms with E-state index < -0.39 is 17.4 Å². The molecule has 3 aliphatic rings. The van der Waals surface area contributed by atoms with Crippen molar-refractivity contribution in [1.82, 2.24) is 9.88 Å². The number of anilines is 1. The third-order valence-corrected chi connectivity index (χ3v) is 8.43. The maximum Gasteiger partial charge on any atom is 0.418 e. The van der Waals surface area contributed by atoms with E-state index in [1.54, 1.807) is 18.3 Å². The molecule has 6 rings (SSSR count). The van der Waals surface area contributed by atoms with Gasteiger partial charge in [0.15, 0.2) is 5.78 Å². The van der Waals surface area contributed by atoms with Crippen LogP contribution in [0, 0.1) is 16.7 Å². The van der Waals surface area contributed by atoms with Gasteiger partial charge in [0.25, 0.3) is 0 Å². The normalized spacial score (nSPS) is 19.1. The Kier molecular flexibility index (Phi) is 6.87. The maximum atomic E-state index is 13.6. The van der Waals surface area contributed by atoms with Crippen molar-refractivity contribution >= 4 is 28.1 Å². The molecule has 0 N–H and O–H groups in total. The Labute approximate surface area is 225 Å². The number of halogens is 3. The molecule has 6 nitrogen and oxygen atoms in total. The van der Waals surface area contributed by atoms with Gasteiger partial charge in [-0.1, -0.05) is 12.1 Å². The van der Waals surface area contributed by atoms with Gasteiger partial charge in [-0.15, -0.1) is 4.91 Å². The molecule has 0 amide bonds. The van der Waals surface area contributed by atoms with Crippen LogP contribution in [0.4, 0.5) is 24.5 Å². The highest BCUT2D eigenvalue weighted by Crippen LogP contribution is 2.42. The van der Waals surface area contributed by atoms with Crippen molar-refractivity contribution in [2.24, 2.45) is 17.0 Å². The number of benzene rings is 2. The Bertz CT molecular complexity index is 1410. The Morgan fingerprint density at radius 2 is 1.64 bits per heavy atom. The standard InChI is InChI=1S/C30H31F3N4O2/c31-30(32,33)25-16-22(6-8-27(25)35-39)21-5-7-26-23(15-21)28(24(17-34-26)29(38)20-3-4-20)37-13-9-19(10-14-37)18-36-11-1-2-12-36/h5-8,15-17,19-20H,1-4,9-14,18H2. The van der Waals surface area contributed by atoms with Gasteiger partial charge in [0.2, 0.25) is 0 Å². The lowest BCUT2D eigenvalue weighted by Gasteiger charge is -2.36. The zero-order valence-corrected chi connectivity index (χ0v) is 21.7. The van der Waals surface area contributed by atoms with Crippen LogP contribution in [0.3, 0.4) is 0 Å². The second-order valence-electron chi connectivity index (χ2n) is 11.2. The van der Waals surface area contributed by atoms with Crippen molar-refractivity contribution < 1.29 is 18.0 Å². The summed E-state index contributed by atoms with van der Waals surface area (Å²) in [6.45, 7) is 5.13. The Morgan fingerprint density at radius 3 is 2.31 bits per heavy atom. The number of carbonyl (C=O) groups excluding carboxylic acids is 1. The summed E-state index contributed by atoms with van der Waals surface area (Å²) in [6.07, 6.45) is 3.35. The van der Waals surface area contributed by atoms with Crippen LogP contribution in [0.2, 0.25) is 0 Å². The van der Waals surface area contributed by atoms with Gasteiger partial charge in [-0.2, -0.15) is 13.2 Å². The molecule has 1 saturated carbocycles. The van der Waals surface area contributed by atoms with E-state index in [0.717, 1.165) is 68.5 Å². The predicted octanol–water partition coefficient (Wildman–Crippen LogP) is 7.22. The summed E-state index contributed by atoms with van der Waals surface area (Å²) in [5.41, 5.74) is 1.34. The van der Waals surface area contributed by atoms with Gasteiger partial charge in [0.1, 0.15) is 5.69 Å². The first-order valence-corrected chi connectivity index (χ1v) is 13.8. The summed E-state index contributed by atoms with van der Waals surface area (Å²) in [6, 6.07) is 8.90. The van der Waals surface area contributed by atoms with Gasteiger partial charge in [-0.3, -0.25) is 9.78 Å². The number of nitrogens with zero attached hydrogens (tertiary/aromatic N) is 4. The van der Waals surface area contributed by atoms with Gasteiger partial charge in [0, 0.05) is 37.1 Å². The Morgan fingerprint density at radius 1 is 0.949 bits per heavy atom.